The normalized spacial score (nSPS) is 11.0. The molecule has 1 heterocycles. The molecule has 144 valence electrons. The molecule has 6 heteroatoms. The minimum absolute atomic E-state index is 0.0419. The molecule has 3 aromatic rings. The van der Waals surface area contributed by atoms with Gasteiger partial charge in [-0.1, -0.05) is 17.7 Å². The van der Waals surface area contributed by atoms with E-state index >= 15 is 0 Å². The maximum Gasteiger partial charge on any atom is 0.276 e. The average Bonchev–Trinajstić information content (AvgIpc) is 2.65. The van der Waals surface area contributed by atoms with Crippen molar-refractivity contribution in [1.29, 1.82) is 0 Å². The Balaban J connectivity index is 1.86. The lowest BCUT2D eigenvalue weighted by atomic mass is 9.98. The van der Waals surface area contributed by atoms with E-state index in [2.05, 4.69) is 16.0 Å². The molecule has 3 rings (SSSR count). The van der Waals surface area contributed by atoms with Crippen LogP contribution in [0.4, 0.5) is 0 Å². The molecule has 0 fully saturated rings. The van der Waals surface area contributed by atoms with Crippen LogP contribution >= 0.6 is 0 Å². The summed E-state index contributed by atoms with van der Waals surface area (Å²) in [6.45, 7) is 2.77. The molecule has 0 saturated heterocycles. The molecule has 0 bridgehead atoms. The van der Waals surface area contributed by atoms with Gasteiger partial charge in [0.25, 0.3) is 5.91 Å². The lowest BCUT2D eigenvalue weighted by Gasteiger charge is -2.12. The minimum Gasteiger partial charge on any atom is -0.305 e. The Kier molecular flexibility index (Phi) is 5.82. The standard InChI is InChI=1S/C22H23N3O3/c1-14-6-16(13-25(2)3)9-18(7-14)21(26)10-15-4-5-20-17(8-15)11-19(12-23-20)22(27)24-28/h4-9,11-12,28H,10,13H2,1-3H3,(H,24,27). The molecular weight excluding hydrogens is 354 g/mol. The van der Waals surface area contributed by atoms with Gasteiger partial charge in [-0.3, -0.25) is 19.8 Å². The maximum absolute atomic E-state index is 12.8. The zero-order valence-electron chi connectivity index (χ0n) is 16.2. The van der Waals surface area contributed by atoms with Crippen molar-refractivity contribution in [1.82, 2.24) is 15.4 Å². The van der Waals surface area contributed by atoms with Crippen LogP contribution in [0.1, 0.15) is 37.4 Å². The van der Waals surface area contributed by atoms with Crippen LogP contribution in [0.3, 0.4) is 0 Å². The van der Waals surface area contributed by atoms with Gasteiger partial charge in [0, 0.05) is 30.1 Å². The Bertz CT molecular complexity index is 1040. The first-order valence-electron chi connectivity index (χ1n) is 8.97. The lowest BCUT2D eigenvalue weighted by molar-refractivity contribution is 0.0706. The zero-order chi connectivity index (χ0) is 20.3. The largest absolute Gasteiger partial charge is 0.305 e. The smallest absolute Gasteiger partial charge is 0.276 e. The summed E-state index contributed by atoms with van der Waals surface area (Å²) in [5.41, 5.74) is 6.28. The second-order valence-electron chi connectivity index (χ2n) is 7.24. The number of hydroxylamine groups is 1. The van der Waals surface area contributed by atoms with Crippen LogP contribution in [-0.4, -0.2) is 40.9 Å². The number of carbonyl (C=O) groups excluding carboxylic acids is 2. The van der Waals surface area contributed by atoms with E-state index in [1.165, 1.54) is 6.20 Å². The summed E-state index contributed by atoms with van der Waals surface area (Å²) in [6.07, 6.45) is 1.66. The van der Waals surface area contributed by atoms with Crippen LogP contribution in [-0.2, 0) is 13.0 Å². The minimum atomic E-state index is -0.621. The number of pyridine rings is 1. The molecule has 2 N–H and O–H groups in total. The van der Waals surface area contributed by atoms with Crippen LogP contribution < -0.4 is 5.48 Å². The van der Waals surface area contributed by atoms with Gasteiger partial charge in [0.15, 0.2) is 5.78 Å². The zero-order valence-corrected chi connectivity index (χ0v) is 16.2. The number of carbonyl (C=O) groups is 2. The monoisotopic (exact) mass is 377 g/mol. The summed E-state index contributed by atoms with van der Waals surface area (Å²) < 4.78 is 0. The molecule has 0 atom stereocenters. The molecule has 6 nitrogen and oxygen atoms in total. The average molecular weight is 377 g/mol. The van der Waals surface area contributed by atoms with Crippen molar-refractivity contribution in [2.75, 3.05) is 14.1 Å². The van der Waals surface area contributed by atoms with E-state index in [0.717, 1.165) is 34.1 Å². The van der Waals surface area contributed by atoms with Crippen molar-refractivity contribution < 1.29 is 14.8 Å². The van der Waals surface area contributed by atoms with Gasteiger partial charge in [0.05, 0.1) is 11.1 Å². The number of rotatable bonds is 6. The van der Waals surface area contributed by atoms with Crippen molar-refractivity contribution in [3.63, 3.8) is 0 Å². The molecule has 2 aromatic carbocycles. The molecule has 1 aromatic heterocycles. The number of amides is 1. The van der Waals surface area contributed by atoms with Crippen LogP contribution in [0, 0.1) is 6.92 Å². The van der Waals surface area contributed by atoms with Gasteiger partial charge in [0.1, 0.15) is 0 Å². The Morgan fingerprint density at radius 3 is 2.54 bits per heavy atom. The van der Waals surface area contributed by atoms with Gasteiger partial charge in [-0.2, -0.15) is 0 Å². The molecule has 0 aliphatic carbocycles. The van der Waals surface area contributed by atoms with E-state index in [9.17, 15) is 9.59 Å². The highest BCUT2D eigenvalue weighted by molar-refractivity contribution is 5.99. The number of nitrogens with zero attached hydrogens (tertiary/aromatic N) is 2. The predicted molar refractivity (Wildman–Crippen MR) is 108 cm³/mol. The Hall–Kier alpha value is -3.09. The summed E-state index contributed by atoms with van der Waals surface area (Å²) in [6, 6.07) is 13.1. The summed E-state index contributed by atoms with van der Waals surface area (Å²) in [7, 11) is 4.00. The quantitative estimate of drug-likeness (QED) is 0.392. The number of ketones is 1. The molecule has 0 spiro atoms. The number of aromatic nitrogens is 1. The van der Waals surface area contributed by atoms with Crippen LogP contribution in [0.2, 0.25) is 0 Å². The number of nitrogens with one attached hydrogen (secondary N) is 1. The molecule has 1 amide bonds. The van der Waals surface area contributed by atoms with E-state index in [-0.39, 0.29) is 17.8 Å². The molecule has 0 unspecified atom stereocenters. The fraction of sp³-hybridized carbons (Fsp3) is 0.227. The topological polar surface area (TPSA) is 82.5 Å². The van der Waals surface area contributed by atoms with Crippen LogP contribution in [0.15, 0.2) is 48.7 Å². The predicted octanol–water partition coefficient (Wildman–Crippen LogP) is 3.15. The van der Waals surface area contributed by atoms with Crippen molar-refractivity contribution >= 4 is 22.6 Å². The SMILES string of the molecule is Cc1cc(CN(C)C)cc(C(=O)Cc2ccc3ncc(C(=O)NO)cc3c2)c1. The summed E-state index contributed by atoms with van der Waals surface area (Å²) >= 11 is 0. The van der Waals surface area contributed by atoms with Gasteiger partial charge in [-0.05, 0) is 62.5 Å². The fourth-order valence-corrected chi connectivity index (χ4v) is 3.25. The van der Waals surface area contributed by atoms with Crippen molar-refractivity contribution in [3.05, 3.63) is 76.5 Å². The first kappa shape index (κ1) is 19.7. The first-order valence-corrected chi connectivity index (χ1v) is 8.97. The number of fused-ring (bicyclic) bond motifs is 1. The molecule has 0 aliphatic rings. The Morgan fingerprint density at radius 2 is 1.82 bits per heavy atom. The maximum atomic E-state index is 12.8. The van der Waals surface area contributed by atoms with E-state index in [0.29, 0.717) is 5.56 Å². The molecular formula is C22H23N3O3. The molecule has 28 heavy (non-hydrogen) atoms. The van der Waals surface area contributed by atoms with Gasteiger partial charge in [0.2, 0.25) is 0 Å². The third-order valence-corrected chi connectivity index (χ3v) is 4.43. The summed E-state index contributed by atoms with van der Waals surface area (Å²) in [5, 5.41) is 9.52. The second kappa shape index (κ2) is 8.29. The summed E-state index contributed by atoms with van der Waals surface area (Å²) in [4.78, 5) is 30.7. The Labute approximate surface area is 163 Å². The molecule has 0 aliphatic heterocycles. The number of aryl methyl sites for hydroxylation is 1. The van der Waals surface area contributed by atoms with E-state index in [1.54, 1.807) is 11.5 Å². The van der Waals surface area contributed by atoms with Crippen LogP contribution in [0.5, 0.6) is 0 Å². The van der Waals surface area contributed by atoms with Gasteiger partial charge in [-0.15, -0.1) is 0 Å². The highest BCUT2D eigenvalue weighted by Gasteiger charge is 2.11. The fourth-order valence-electron chi connectivity index (χ4n) is 3.25. The van der Waals surface area contributed by atoms with Crippen molar-refractivity contribution in [2.45, 2.75) is 19.9 Å². The van der Waals surface area contributed by atoms with Gasteiger partial charge in [-0.25, -0.2) is 5.48 Å². The Morgan fingerprint density at radius 1 is 1.04 bits per heavy atom. The van der Waals surface area contributed by atoms with Gasteiger partial charge >= 0.3 is 0 Å². The second-order valence-corrected chi connectivity index (χ2v) is 7.24. The van der Waals surface area contributed by atoms with E-state index < -0.39 is 5.91 Å². The number of Topliss-reactive ketones (excluding diaryl/α,β-unsaturated/α-hetero) is 1. The first-order chi connectivity index (χ1) is 13.4. The molecule has 0 radical (unpaired) electrons. The third kappa shape index (κ3) is 4.60. The number of hydrogen-bond acceptors (Lipinski definition) is 5. The highest BCUT2D eigenvalue weighted by Crippen LogP contribution is 2.19. The van der Waals surface area contributed by atoms with Crippen molar-refractivity contribution in [3.8, 4) is 0 Å². The van der Waals surface area contributed by atoms with Crippen LogP contribution in [0.25, 0.3) is 10.9 Å². The summed E-state index contributed by atoms with van der Waals surface area (Å²) in [5.74, 6) is -0.579. The van der Waals surface area contributed by atoms with Gasteiger partial charge < -0.3 is 4.90 Å². The third-order valence-electron chi connectivity index (χ3n) is 4.43. The lowest BCUT2D eigenvalue weighted by Crippen LogP contribution is -2.18. The van der Waals surface area contributed by atoms with E-state index in [1.807, 2.05) is 51.4 Å². The van der Waals surface area contributed by atoms with E-state index in [4.69, 9.17) is 5.21 Å². The molecule has 0 saturated carbocycles. The van der Waals surface area contributed by atoms with Crippen molar-refractivity contribution in [2.24, 2.45) is 0 Å². The number of hydrogen-bond donors (Lipinski definition) is 2. The number of benzene rings is 2. The highest BCUT2D eigenvalue weighted by atomic mass is 16.5.